The number of hydrogen-bond acceptors (Lipinski definition) is 5. The molecule has 1 aliphatic heterocycles. The average molecular weight is 402 g/mol. The SMILES string of the molecule is Fc1ccc(N2CCN(c3cc(CNc4nc5ccccc5[nH]4)ccn3)CC2)cc1. The fraction of sp³-hybridized carbons (Fsp3) is 0.217. The molecule has 0 bridgehead atoms. The Bertz CT molecular complexity index is 1100. The number of imidazole rings is 1. The Balaban J connectivity index is 1.21. The van der Waals surface area contributed by atoms with Gasteiger partial charge in [0.1, 0.15) is 11.6 Å². The molecule has 2 aromatic heterocycles. The highest BCUT2D eigenvalue weighted by Gasteiger charge is 2.18. The second-order valence-corrected chi connectivity index (χ2v) is 7.43. The van der Waals surface area contributed by atoms with Crippen LogP contribution in [0.3, 0.4) is 0 Å². The minimum atomic E-state index is -0.199. The van der Waals surface area contributed by atoms with Crippen LogP contribution in [0.4, 0.5) is 21.8 Å². The molecule has 0 atom stereocenters. The third kappa shape index (κ3) is 3.91. The van der Waals surface area contributed by atoms with Crippen LogP contribution < -0.4 is 15.1 Å². The normalized spacial score (nSPS) is 14.3. The van der Waals surface area contributed by atoms with E-state index < -0.39 is 0 Å². The second-order valence-electron chi connectivity index (χ2n) is 7.43. The van der Waals surface area contributed by atoms with Crippen LogP contribution in [-0.2, 0) is 6.54 Å². The van der Waals surface area contributed by atoms with Gasteiger partial charge >= 0.3 is 0 Å². The van der Waals surface area contributed by atoms with Gasteiger partial charge in [0.05, 0.1) is 11.0 Å². The fourth-order valence-electron chi connectivity index (χ4n) is 3.81. The van der Waals surface area contributed by atoms with E-state index in [1.54, 1.807) is 0 Å². The zero-order chi connectivity index (χ0) is 20.3. The molecule has 7 heteroatoms. The van der Waals surface area contributed by atoms with E-state index in [0.29, 0.717) is 6.54 Å². The van der Waals surface area contributed by atoms with Crippen LogP contribution in [0.25, 0.3) is 11.0 Å². The molecule has 1 fully saturated rings. The molecule has 0 amide bonds. The number of hydrogen-bond donors (Lipinski definition) is 2. The summed E-state index contributed by atoms with van der Waals surface area (Å²) in [5, 5.41) is 3.36. The summed E-state index contributed by atoms with van der Waals surface area (Å²) in [7, 11) is 0. The zero-order valence-electron chi connectivity index (χ0n) is 16.6. The molecule has 30 heavy (non-hydrogen) atoms. The number of fused-ring (bicyclic) bond motifs is 1. The Morgan fingerprint density at radius 1 is 0.933 bits per heavy atom. The summed E-state index contributed by atoms with van der Waals surface area (Å²) < 4.78 is 13.2. The molecule has 6 nitrogen and oxygen atoms in total. The van der Waals surface area contributed by atoms with E-state index in [1.165, 1.54) is 12.1 Å². The highest BCUT2D eigenvalue weighted by atomic mass is 19.1. The van der Waals surface area contributed by atoms with E-state index in [1.807, 2.05) is 48.7 Å². The van der Waals surface area contributed by atoms with Crippen LogP contribution in [0.15, 0.2) is 66.9 Å². The van der Waals surface area contributed by atoms with Crippen molar-refractivity contribution in [2.75, 3.05) is 41.3 Å². The summed E-state index contributed by atoms with van der Waals surface area (Å²) in [5.74, 6) is 1.55. The van der Waals surface area contributed by atoms with E-state index in [9.17, 15) is 4.39 Å². The first-order chi connectivity index (χ1) is 14.7. The molecule has 0 spiro atoms. The lowest BCUT2D eigenvalue weighted by Crippen LogP contribution is -2.46. The van der Waals surface area contributed by atoms with Gasteiger partial charge in [-0.1, -0.05) is 12.1 Å². The Morgan fingerprint density at radius 2 is 1.70 bits per heavy atom. The Labute approximate surface area is 174 Å². The number of halogens is 1. The van der Waals surface area contributed by atoms with Crippen LogP contribution in [0.2, 0.25) is 0 Å². The van der Waals surface area contributed by atoms with Crippen molar-refractivity contribution in [3.05, 3.63) is 78.2 Å². The van der Waals surface area contributed by atoms with Crippen molar-refractivity contribution >= 4 is 28.5 Å². The summed E-state index contributed by atoms with van der Waals surface area (Å²) in [5.41, 5.74) is 4.19. The minimum Gasteiger partial charge on any atom is -0.368 e. The number of rotatable bonds is 5. The molecule has 4 aromatic rings. The van der Waals surface area contributed by atoms with Gasteiger partial charge in [0.15, 0.2) is 0 Å². The number of nitrogens with zero attached hydrogens (tertiary/aromatic N) is 4. The quantitative estimate of drug-likeness (QED) is 0.528. The van der Waals surface area contributed by atoms with Gasteiger partial charge in [0, 0.05) is 44.6 Å². The van der Waals surface area contributed by atoms with Crippen molar-refractivity contribution in [1.29, 1.82) is 0 Å². The maximum absolute atomic E-state index is 13.2. The first kappa shape index (κ1) is 18.4. The predicted octanol–water partition coefficient (Wildman–Crippen LogP) is 4.04. The van der Waals surface area contributed by atoms with Crippen molar-refractivity contribution in [3.8, 4) is 0 Å². The Kier molecular flexibility index (Phi) is 4.93. The number of pyridine rings is 1. The summed E-state index contributed by atoms with van der Waals surface area (Å²) in [6.07, 6.45) is 1.86. The van der Waals surface area contributed by atoms with Gasteiger partial charge in [-0.15, -0.1) is 0 Å². The van der Waals surface area contributed by atoms with Crippen molar-refractivity contribution in [2.24, 2.45) is 0 Å². The first-order valence-electron chi connectivity index (χ1n) is 10.1. The smallest absolute Gasteiger partial charge is 0.201 e. The number of anilines is 3. The largest absolute Gasteiger partial charge is 0.368 e. The molecule has 1 aliphatic rings. The number of benzene rings is 2. The van der Waals surface area contributed by atoms with E-state index in [4.69, 9.17) is 0 Å². The fourth-order valence-corrected chi connectivity index (χ4v) is 3.81. The van der Waals surface area contributed by atoms with Crippen molar-refractivity contribution in [1.82, 2.24) is 15.0 Å². The molecule has 0 aliphatic carbocycles. The van der Waals surface area contributed by atoms with E-state index in [2.05, 4.69) is 36.1 Å². The Morgan fingerprint density at radius 3 is 2.50 bits per heavy atom. The molecular formula is C23H23FN6. The van der Waals surface area contributed by atoms with Gasteiger partial charge in [-0.05, 0) is 54.1 Å². The standard InChI is InChI=1S/C23H23FN6/c24-18-5-7-19(8-6-18)29-11-13-30(14-12-29)22-15-17(9-10-25-22)16-26-23-27-20-3-1-2-4-21(20)28-23/h1-10,15H,11-14,16H2,(H2,26,27,28). The minimum absolute atomic E-state index is 0.199. The van der Waals surface area contributed by atoms with Crippen LogP contribution >= 0.6 is 0 Å². The van der Waals surface area contributed by atoms with Crippen LogP contribution in [0.5, 0.6) is 0 Å². The molecule has 2 aromatic carbocycles. The van der Waals surface area contributed by atoms with Crippen molar-refractivity contribution in [2.45, 2.75) is 6.54 Å². The van der Waals surface area contributed by atoms with Crippen molar-refractivity contribution < 1.29 is 4.39 Å². The van der Waals surface area contributed by atoms with Gasteiger partial charge in [-0.3, -0.25) is 0 Å². The Hall–Kier alpha value is -3.61. The van der Waals surface area contributed by atoms with Gasteiger partial charge in [-0.2, -0.15) is 0 Å². The maximum Gasteiger partial charge on any atom is 0.201 e. The number of piperazine rings is 1. The highest BCUT2D eigenvalue weighted by molar-refractivity contribution is 5.77. The molecule has 2 N–H and O–H groups in total. The lowest BCUT2D eigenvalue weighted by atomic mass is 10.2. The number of nitrogens with one attached hydrogen (secondary N) is 2. The summed E-state index contributed by atoms with van der Waals surface area (Å²) >= 11 is 0. The summed E-state index contributed by atoms with van der Waals surface area (Å²) in [6.45, 7) is 4.20. The molecule has 3 heterocycles. The molecule has 152 valence electrons. The summed E-state index contributed by atoms with van der Waals surface area (Å²) in [4.78, 5) is 17.0. The first-order valence-corrected chi connectivity index (χ1v) is 10.1. The molecule has 1 saturated heterocycles. The lowest BCUT2D eigenvalue weighted by molar-refractivity contribution is 0.624. The molecule has 0 unspecified atom stereocenters. The summed E-state index contributed by atoms with van der Waals surface area (Å²) in [6, 6.07) is 18.9. The van der Waals surface area contributed by atoms with Gasteiger partial charge < -0.3 is 20.1 Å². The monoisotopic (exact) mass is 402 g/mol. The third-order valence-electron chi connectivity index (χ3n) is 5.45. The predicted molar refractivity (Wildman–Crippen MR) is 118 cm³/mol. The van der Waals surface area contributed by atoms with E-state index in [-0.39, 0.29) is 5.82 Å². The highest BCUT2D eigenvalue weighted by Crippen LogP contribution is 2.21. The van der Waals surface area contributed by atoms with Crippen LogP contribution in [0, 0.1) is 5.82 Å². The third-order valence-corrected chi connectivity index (χ3v) is 5.45. The average Bonchev–Trinajstić information content (AvgIpc) is 3.22. The van der Waals surface area contributed by atoms with Gasteiger partial charge in [0.25, 0.3) is 0 Å². The molecule has 0 saturated carbocycles. The van der Waals surface area contributed by atoms with E-state index in [0.717, 1.165) is 60.2 Å². The zero-order valence-corrected chi connectivity index (χ0v) is 16.6. The second kappa shape index (κ2) is 8.02. The van der Waals surface area contributed by atoms with Crippen molar-refractivity contribution in [3.63, 3.8) is 0 Å². The maximum atomic E-state index is 13.2. The molecule has 5 rings (SSSR count). The number of para-hydroxylation sites is 2. The number of aromatic nitrogens is 3. The van der Waals surface area contributed by atoms with Gasteiger partial charge in [0.2, 0.25) is 5.95 Å². The van der Waals surface area contributed by atoms with Crippen LogP contribution in [0.1, 0.15) is 5.56 Å². The van der Waals surface area contributed by atoms with Gasteiger partial charge in [-0.25, -0.2) is 14.4 Å². The molecule has 0 radical (unpaired) electrons. The van der Waals surface area contributed by atoms with E-state index >= 15 is 0 Å². The number of aromatic amines is 1. The lowest BCUT2D eigenvalue weighted by Gasteiger charge is -2.36. The van der Waals surface area contributed by atoms with Crippen LogP contribution in [-0.4, -0.2) is 41.1 Å². The number of H-pyrrole nitrogens is 1. The molecular weight excluding hydrogens is 379 g/mol. The topological polar surface area (TPSA) is 60.1 Å².